The largest absolute Gasteiger partial charge is 0.477 e. The number of H-pyrrole nitrogens is 1. The van der Waals surface area contributed by atoms with Gasteiger partial charge in [0.2, 0.25) is 0 Å². The Morgan fingerprint density at radius 1 is 1.56 bits per heavy atom. The van der Waals surface area contributed by atoms with Crippen molar-refractivity contribution in [1.29, 1.82) is 0 Å². The number of aromatic nitrogens is 1. The van der Waals surface area contributed by atoms with Crippen molar-refractivity contribution in [2.75, 3.05) is 18.1 Å². The summed E-state index contributed by atoms with van der Waals surface area (Å²) in [5, 5.41) is 12.4. The lowest BCUT2D eigenvalue weighted by molar-refractivity contribution is 0.0691. The summed E-state index contributed by atoms with van der Waals surface area (Å²) >= 11 is 1.95. The highest BCUT2D eigenvalue weighted by atomic mass is 32.2. The normalized spacial score (nSPS) is 28.2. The fourth-order valence-corrected chi connectivity index (χ4v) is 4.15. The van der Waals surface area contributed by atoms with E-state index >= 15 is 0 Å². The van der Waals surface area contributed by atoms with Gasteiger partial charge in [0, 0.05) is 30.0 Å². The van der Waals surface area contributed by atoms with Gasteiger partial charge in [-0.2, -0.15) is 11.8 Å². The molecule has 1 fully saturated rings. The van der Waals surface area contributed by atoms with Crippen molar-refractivity contribution in [2.45, 2.75) is 18.4 Å². The van der Waals surface area contributed by atoms with E-state index in [4.69, 9.17) is 5.11 Å². The number of thioether (sulfide) groups is 1. The molecule has 5 heteroatoms. The first-order chi connectivity index (χ1) is 7.71. The van der Waals surface area contributed by atoms with Crippen LogP contribution in [0, 0.1) is 0 Å². The number of hydrogen-bond donors (Lipinski definition) is 3. The van der Waals surface area contributed by atoms with Gasteiger partial charge in [-0.25, -0.2) is 4.79 Å². The summed E-state index contributed by atoms with van der Waals surface area (Å²) < 4.78 is 0. The maximum atomic E-state index is 11.0. The number of aromatic carboxylic acids is 1. The van der Waals surface area contributed by atoms with Crippen molar-refractivity contribution in [2.24, 2.45) is 0 Å². The highest BCUT2D eigenvalue weighted by molar-refractivity contribution is 7.99. The highest BCUT2D eigenvalue weighted by Crippen LogP contribution is 2.41. The molecule has 1 saturated heterocycles. The molecular formula is C11H14N2O2S. The van der Waals surface area contributed by atoms with E-state index in [1.54, 1.807) is 6.07 Å². The van der Waals surface area contributed by atoms with Crippen LogP contribution >= 0.6 is 11.8 Å². The Kier molecular flexibility index (Phi) is 2.26. The fourth-order valence-electron chi connectivity index (χ4n) is 2.69. The Morgan fingerprint density at radius 3 is 3.12 bits per heavy atom. The van der Waals surface area contributed by atoms with Crippen LogP contribution in [0.25, 0.3) is 0 Å². The van der Waals surface area contributed by atoms with Crippen molar-refractivity contribution < 1.29 is 9.90 Å². The van der Waals surface area contributed by atoms with E-state index in [-0.39, 0.29) is 5.41 Å². The van der Waals surface area contributed by atoms with Crippen LogP contribution in [0.1, 0.15) is 28.2 Å². The SMILES string of the molecule is O=C(O)c1cc2c([nH]1)C1(CCSC1)CNC2. The third-order valence-corrected chi connectivity index (χ3v) is 4.79. The quantitative estimate of drug-likeness (QED) is 0.687. The van der Waals surface area contributed by atoms with Gasteiger partial charge in [-0.3, -0.25) is 0 Å². The Hall–Kier alpha value is -0.940. The van der Waals surface area contributed by atoms with Crippen LogP contribution in [0.4, 0.5) is 0 Å². The number of aromatic amines is 1. The van der Waals surface area contributed by atoms with E-state index in [1.807, 2.05) is 11.8 Å². The van der Waals surface area contributed by atoms with Gasteiger partial charge < -0.3 is 15.4 Å². The lowest BCUT2D eigenvalue weighted by Crippen LogP contribution is -2.43. The molecule has 1 unspecified atom stereocenters. The number of hydrogen-bond acceptors (Lipinski definition) is 3. The second-order valence-electron chi connectivity index (χ2n) is 4.57. The van der Waals surface area contributed by atoms with Crippen LogP contribution in [-0.2, 0) is 12.0 Å². The Bertz CT molecular complexity index is 435. The molecule has 0 amide bonds. The summed E-state index contributed by atoms with van der Waals surface area (Å²) in [6.07, 6.45) is 1.14. The molecule has 16 heavy (non-hydrogen) atoms. The zero-order valence-corrected chi connectivity index (χ0v) is 9.69. The Labute approximate surface area is 97.8 Å². The smallest absolute Gasteiger partial charge is 0.352 e. The van der Waals surface area contributed by atoms with Crippen molar-refractivity contribution >= 4 is 17.7 Å². The molecule has 0 bridgehead atoms. The molecule has 3 N–H and O–H groups in total. The number of nitrogens with one attached hydrogen (secondary N) is 2. The zero-order chi connectivity index (χ0) is 11.2. The average molecular weight is 238 g/mol. The lowest BCUT2D eigenvalue weighted by atomic mass is 9.80. The van der Waals surface area contributed by atoms with E-state index in [0.29, 0.717) is 5.69 Å². The maximum absolute atomic E-state index is 11.0. The monoisotopic (exact) mass is 238 g/mol. The molecule has 1 aromatic heterocycles. The first kappa shape index (κ1) is 10.2. The van der Waals surface area contributed by atoms with Gasteiger partial charge in [0.25, 0.3) is 0 Å². The molecule has 0 aromatic carbocycles. The van der Waals surface area contributed by atoms with Crippen LogP contribution in [0.2, 0.25) is 0 Å². The van der Waals surface area contributed by atoms with Gasteiger partial charge in [0.05, 0.1) is 0 Å². The van der Waals surface area contributed by atoms with E-state index in [1.165, 1.54) is 5.75 Å². The molecule has 1 spiro atoms. The summed E-state index contributed by atoms with van der Waals surface area (Å²) in [5.74, 6) is 1.39. The van der Waals surface area contributed by atoms with Crippen molar-refractivity contribution in [1.82, 2.24) is 10.3 Å². The van der Waals surface area contributed by atoms with Gasteiger partial charge in [-0.05, 0) is 23.8 Å². The molecule has 2 aliphatic heterocycles. The number of carboxylic acids is 1. The summed E-state index contributed by atoms with van der Waals surface area (Å²) in [4.78, 5) is 14.1. The van der Waals surface area contributed by atoms with Crippen LogP contribution in [-0.4, -0.2) is 34.1 Å². The molecule has 0 radical (unpaired) electrons. The van der Waals surface area contributed by atoms with Gasteiger partial charge >= 0.3 is 5.97 Å². The van der Waals surface area contributed by atoms with Gasteiger partial charge in [0.1, 0.15) is 5.69 Å². The van der Waals surface area contributed by atoms with Crippen LogP contribution < -0.4 is 5.32 Å². The highest BCUT2D eigenvalue weighted by Gasteiger charge is 2.41. The van der Waals surface area contributed by atoms with Gasteiger partial charge in [-0.1, -0.05) is 0 Å². The number of carbonyl (C=O) groups is 1. The average Bonchev–Trinajstić information content (AvgIpc) is 2.85. The minimum absolute atomic E-state index is 0.145. The van der Waals surface area contributed by atoms with E-state index in [0.717, 1.165) is 36.5 Å². The molecule has 2 aliphatic rings. The zero-order valence-electron chi connectivity index (χ0n) is 8.88. The lowest BCUT2D eigenvalue weighted by Gasteiger charge is -2.33. The van der Waals surface area contributed by atoms with Gasteiger partial charge in [-0.15, -0.1) is 0 Å². The molecular weight excluding hydrogens is 224 g/mol. The first-order valence-corrected chi connectivity index (χ1v) is 6.61. The standard InChI is InChI=1S/C11H14N2O2S/c14-10(15)8-3-7-4-12-5-11(9(7)13-8)1-2-16-6-11/h3,12-13H,1-2,4-6H2,(H,14,15). The van der Waals surface area contributed by atoms with E-state index in [9.17, 15) is 4.79 Å². The van der Waals surface area contributed by atoms with Gasteiger partial charge in [0.15, 0.2) is 0 Å². The molecule has 3 heterocycles. The molecule has 1 atom stereocenters. The molecule has 4 nitrogen and oxygen atoms in total. The molecule has 0 aliphatic carbocycles. The second-order valence-corrected chi connectivity index (χ2v) is 5.68. The number of carboxylic acid groups (broad SMARTS) is 1. The Morgan fingerprint density at radius 2 is 2.44 bits per heavy atom. The summed E-state index contributed by atoms with van der Waals surface area (Å²) in [6.45, 7) is 1.75. The van der Waals surface area contributed by atoms with Crippen LogP contribution in [0.15, 0.2) is 6.07 Å². The number of rotatable bonds is 1. The third-order valence-electron chi connectivity index (χ3n) is 3.54. The third kappa shape index (κ3) is 1.38. The van der Waals surface area contributed by atoms with E-state index < -0.39 is 5.97 Å². The van der Waals surface area contributed by atoms with Crippen molar-refractivity contribution in [3.05, 3.63) is 23.0 Å². The molecule has 86 valence electrons. The molecule has 3 rings (SSSR count). The molecule has 1 aromatic rings. The topological polar surface area (TPSA) is 65.1 Å². The van der Waals surface area contributed by atoms with Crippen molar-refractivity contribution in [3.63, 3.8) is 0 Å². The maximum Gasteiger partial charge on any atom is 0.352 e. The minimum atomic E-state index is -0.866. The summed E-state index contributed by atoms with van der Waals surface area (Å²) in [7, 11) is 0. The van der Waals surface area contributed by atoms with Crippen molar-refractivity contribution in [3.8, 4) is 0 Å². The Balaban J connectivity index is 2.07. The van der Waals surface area contributed by atoms with E-state index in [2.05, 4.69) is 10.3 Å². The predicted molar refractivity (Wildman–Crippen MR) is 63.1 cm³/mol. The summed E-state index contributed by atoms with van der Waals surface area (Å²) in [5.41, 5.74) is 2.76. The fraction of sp³-hybridized carbons (Fsp3) is 0.545. The first-order valence-electron chi connectivity index (χ1n) is 5.45. The summed E-state index contributed by atoms with van der Waals surface area (Å²) in [6, 6.07) is 1.77. The molecule has 0 saturated carbocycles. The predicted octanol–water partition coefficient (Wildman–Crippen LogP) is 1.19. The van der Waals surface area contributed by atoms with Crippen LogP contribution in [0.3, 0.4) is 0 Å². The number of fused-ring (bicyclic) bond motifs is 2. The van der Waals surface area contributed by atoms with Crippen LogP contribution in [0.5, 0.6) is 0 Å². The minimum Gasteiger partial charge on any atom is -0.477 e. The second kappa shape index (κ2) is 3.53.